The Bertz CT molecular complexity index is 427. The SMILES string of the molecule is CNC(=O)c1ccc(NC2(CO)CCCCC2)nn1. The van der Waals surface area contributed by atoms with E-state index in [-0.39, 0.29) is 23.7 Å². The van der Waals surface area contributed by atoms with Crippen LogP contribution in [-0.2, 0) is 0 Å². The molecule has 0 aromatic carbocycles. The fourth-order valence-corrected chi connectivity index (χ4v) is 2.47. The summed E-state index contributed by atoms with van der Waals surface area (Å²) in [6, 6.07) is 3.35. The van der Waals surface area contributed by atoms with Crippen LogP contribution in [0.1, 0.15) is 42.6 Å². The molecule has 1 amide bonds. The standard InChI is InChI=1S/C13H20N4O2/c1-14-12(19)10-5-6-11(17-16-10)15-13(9-18)7-3-2-4-8-13/h5-6,18H,2-4,7-9H2,1H3,(H,14,19)(H,15,17). The first kappa shape index (κ1) is 13.7. The van der Waals surface area contributed by atoms with Crippen LogP contribution in [0.5, 0.6) is 0 Å². The van der Waals surface area contributed by atoms with Gasteiger partial charge in [0.25, 0.3) is 5.91 Å². The number of aromatic nitrogens is 2. The van der Waals surface area contributed by atoms with Gasteiger partial charge in [-0.15, -0.1) is 10.2 Å². The van der Waals surface area contributed by atoms with E-state index in [1.165, 1.54) is 6.42 Å². The van der Waals surface area contributed by atoms with E-state index in [1.54, 1.807) is 19.2 Å². The van der Waals surface area contributed by atoms with E-state index < -0.39 is 0 Å². The summed E-state index contributed by atoms with van der Waals surface area (Å²) in [7, 11) is 1.55. The van der Waals surface area contributed by atoms with Crippen molar-refractivity contribution >= 4 is 11.7 Å². The van der Waals surface area contributed by atoms with Crippen molar-refractivity contribution in [3.05, 3.63) is 17.8 Å². The molecule has 104 valence electrons. The summed E-state index contributed by atoms with van der Waals surface area (Å²) in [6.07, 6.45) is 5.30. The summed E-state index contributed by atoms with van der Waals surface area (Å²) < 4.78 is 0. The molecule has 2 rings (SSSR count). The normalized spacial score (nSPS) is 17.8. The molecule has 0 unspecified atom stereocenters. The van der Waals surface area contributed by atoms with Gasteiger partial charge < -0.3 is 15.7 Å². The Hall–Kier alpha value is -1.69. The molecule has 0 radical (unpaired) electrons. The Morgan fingerprint density at radius 2 is 2.05 bits per heavy atom. The van der Waals surface area contributed by atoms with E-state index in [0.29, 0.717) is 5.82 Å². The van der Waals surface area contributed by atoms with Crippen molar-refractivity contribution in [2.75, 3.05) is 19.0 Å². The second-order valence-electron chi connectivity index (χ2n) is 5.01. The lowest BCUT2D eigenvalue weighted by Crippen LogP contribution is -2.44. The van der Waals surface area contributed by atoms with Crippen molar-refractivity contribution in [1.29, 1.82) is 0 Å². The molecule has 1 fully saturated rings. The number of nitrogens with one attached hydrogen (secondary N) is 2. The number of anilines is 1. The third-order valence-corrected chi connectivity index (χ3v) is 3.63. The molecule has 19 heavy (non-hydrogen) atoms. The highest BCUT2D eigenvalue weighted by Crippen LogP contribution is 2.30. The number of hydrogen-bond donors (Lipinski definition) is 3. The van der Waals surface area contributed by atoms with Crippen LogP contribution in [0.25, 0.3) is 0 Å². The van der Waals surface area contributed by atoms with Gasteiger partial charge in [-0.25, -0.2) is 0 Å². The average molecular weight is 264 g/mol. The van der Waals surface area contributed by atoms with Crippen LogP contribution >= 0.6 is 0 Å². The second-order valence-corrected chi connectivity index (χ2v) is 5.01. The van der Waals surface area contributed by atoms with Crippen molar-refractivity contribution in [1.82, 2.24) is 15.5 Å². The maximum atomic E-state index is 11.4. The number of carbonyl (C=O) groups excluding carboxylic acids is 1. The van der Waals surface area contributed by atoms with E-state index in [1.807, 2.05) is 0 Å². The lowest BCUT2D eigenvalue weighted by molar-refractivity contribution is 0.0957. The maximum Gasteiger partial charge on any atom is 0.271 e. The Labute approximate surface area is 112 Å². The molecule has 0 spiro atoms. The third kappa shape index (κ3) is 3.20. The Morgan fingerprint density at radius 3 is 2.58 bits per heavy atom. The van der Waals surface area contributed by atoms with Gasteiger partial charge in [0.1, 0.15) is 5.82 Å². The maximum absolute atomic E-state index is 11.4. The summed E-state index contributed by atoms with van der Waals surface area (Å²) >= 11 is 0. The Kier molecular flexibility index (Phi) is 4.31. The fourth-order valence-electron chi connectivity index (χ4n) is 2.47. The predicted molar refractivity (Wildman–Crippen MR) is 71.9 cm³/mol. The first-order valence-corrected chi connectivity index (χ1v) is 6.64. The van der Waals surface area contributed by atoms with Gasteiger partial charge in [0.05, 0.1) is 12.1 Å². The summed E-state index contributed by atoms with van der Waals surface area (Å²) in [5.74, 6) is 0.345. The second kappa shape index (κ2) is 5.97. The summed E-state index contributed by atoms with van der Waals surface area (Å²) in [6.45, 7) is 0.0892. The predicted octanol–water partition coefficient (Wildman–Crippen LogP) is 0.943. The smallest absolute Gasteiger partial charge is 0.271 e. The van der Waals surface area contributed by atoms with Gasteiger partial charge in [-0.3, -0.25) is 4.79 Å². The number of nitrogens with zero attached hydrogens (tertiary/aromatic N) is 2. The molecule has 0 saturated heterocycles. The van der Waals surface area contributed by atoms with E-state index in [9.17, 15) is 9.90 Å². The number of aliphatic hydroxyl groups excluding tert-OH is 1. The van der Waals surface area contributed by atoms with Gasteiger partial charge >= 0.3 is 0 Å². The van der Waals surface area contributed by atoms with Gasteiger partial charge in [-0.1, -0.05) is 19.3 Å². The number of amides is 1. The molecule has 6 nitrogen and oxygen atoms in total. The van der Waals surface area contributed by atoms with Crippen LogP contribution < -0.4 is 10.6 Å². The number of rotatable bonds is 4. The van der Waals surface area contributed by atoms with Crippen molar-refractivity contribution in [2.24, 2.45) is 0 Å². The zero-order valence-corrected chi connectivity index (χ0v) is 11.1. The summed E-state index contributed by atoms with van der Waals surface area (Å²) in [5, 5.41) is 23.3. The minimum absolute atomic E-state index is 0.0892. The van der Waals surface area contributed by atoms with Crippen LogP contribution in [0, 0.1) is 0 Å². The monoisotopic (exact) mass is 264 g/mol. The van der Waals surface area contributed by atoms with Gasteiger partial charge in [0.15, 0.2) is 5.69 Å². The molecular formula is C13H20N4O2. The number of hydrogen-bond acceptors (Lipinski definition) is 5. The van der Waals surface area contributed by atoms with Gasteiger partial charge in [0.2, 0.25) is 0 Å². The van der Waals surface area contributed by atoms with E-state index >= 15 is 0 Å². The van der Waals surface area contributed by atoms with Gasteiger partial charge in [-0.2, -0.15) is 0 Å². The van der Waals surface area contributed by atoms with Crippen molar-refractivity contribution in [3.63, 3.8) is 0 Å². The minimum atomic E-state index is -0.290. The molecule has 1 heterocycles. The quantitative estimate of drug-likeness (QED) is 0.753. The topological polar surface area (TPSA) is 87.1 Å². The molecular weight excluding hydrogens is 244 g/mol. The van der Waals surface area contributed by atoms with Crippen LogP contribution in [0.2, 0.25) is 0 Å². The molecule has 3 N–H and O–H groups in total. The summed E-state index contributed by atoms with van der Waals surface area (Å²) in [4.78, 5) is 11.4. The minimum Gasteiger partial charge on any atom is -0.394 e. The zero-order chi connectivity index (χ0) is 13.7. The molecule has 1 saturated carbocycles. The molecule has 0 bridgehead atoms. The van der Waals surface area contributed by atoms with Crippen molar-refractivity contribution < 1.29 is 9.90 Å². The Balaban J connectivity index is 2.07. The summed E-state index contributed by atoms with van der Waals surface area (Å²) in [5.41, 5.74) is -0.00342. The lowest BCUT2D eigenvalue weighted by atomic mass is 9.82. The highest BCUT2D eigenvalue weighted by molar-refractivity contribution is 5.91. The van der Waals surface area contributed by atoms with E-state index in [4.69, 9.17) is 0 Å². The number of aliphatic hydroxyl groups is 1. The molecule has 1 aliphatic carbocycles. The van der Waals surface area contributed by atoms with Gasteiger partial charge in [0, 0.05) is 7.05 Å². The van der Waals surface area contributed by atoms with Gasteiger partial charge in [-0.05, 0) is 25.0 Å². The average Bonchev–Trinajstić information content (AvgIpc) is 2.48. The molecule has 6 heteroatoms. The van der Waals surface area contributed by atoms with Crippen LogP contribution in [-0.4, -0.2) is 40.4 Å². The van der Waals surface area contributed by atoms with Crippen LogP contribution in [0.3, 0.4) is 0 Å². The van der Waals surface area contributed by atoms with Crippen molar-refractivity contribution in [3.8, 4) is 0 Å². The highest BCUT2D eigenvalue weighted by atomic mass is 16.3. The van der Waals surface area contributed by atoms with E-state index in [0.717, 1.165) is 25.7 Å². The molecule has 0 atom stereocenters. The first-order chi connectivity index (χ1) is 9.19. The molecule has 1 aromatic rings. The fraction of sp³-hybridized carbons (Fsp3) is 0.615. The van der Waals surface area contributed by atoms with E-state index in [2.05, 4.69) is 20.8 Å². The van der Waals surface area contributed by atoms with Crippen LogP contribution in [0.15, 0.2) is 12.1 Å². The Morgan fingerprint density at radius 1 is 1.32 bits per heavy atom. The highest BCUT2D eigenvalue weighted by Gasteiger charge is 2.31. The third-order valence-electron chi connectivity index (χ3n) is 3.63. The first-order valence-electron chi connectivity index (χ1n) is 6.64. The molecule has 1 aliphatic rings. The molecule has 1 aromatic heterocycles. The molecule has 0 aliphatic heterocycles. The lowest BCUT2D eigenvalue weighted by Gasteiger charge is -2.36. The van der Waals surface area contributed by atoms with Crippen molar-refractivity contribution in [2.45, 2.75) is 37.6 Å². The number of carbonyl (C=O) groups is 1. The largest absolute Gasteiger partial charge is 0.394 e. The van der Waals surface area contributed by atoms with Crippen LogP contribution in [0.4, 0.5) is 5.82 Å². The zero-order valence-electron chi connectivity index (χ0n) is 11.1.